The van der Waals surface area contributed by atoms with Gasteiger partial charge in [0.2, 0.25) is 0 Å². The minimum Gasteiger partial charge on any atom is -0.394 e. The largest absolute Gasteiger partial charge is 0.394 e. The summed E-state index contributed by atoms with van der Waals surface area (Å²) in [5, 5.41) is 19.2. The fraction of sp³-hybridized carbons (Fsp3) is 0.545. The zero-order valence-corrected chi connectivity index (χ0v) is 10.4. The molecule has 2 aromatic rings. The maximum absolute atomic E-state index is 10.1. The van der Waals surface area contributed by atoms with E-state index in [4.69, 9.17) is 15.6 Å². The van der Waals surface area contributed by atoms with Crippen molar-refractivity contribution >= 4 is 17.0 Å². The predicted octanol–water partition coefficient (Wildman–Crippen LogP) is -0.642. The Labute approximate surface area is 108 Å². The maximum atomic E-state index is 10.1. The van der Waals surface area contributed by atoms with Crippen LogP contribution in [0.25, 0.3) is 11.2 Å². The van der Waals surface area contributed by atoms with Gasteiger partial charge in [0, 0.05) is 6.42 Å². The third-order valence-corrected chi connectivity index (χ3v) is 3.31. The monoisotopic (exact) mass is 265 g/mol. The van der Waals surface area contributed by atoms with Crippen molar-refractivity contribution in [2.45, 2.75) is 31.8 Å². The Balaban J connectivity index is 2.10. The number of nitrogen functional groups attached to an aromatic ring is 1. The molecule has 0 unspecified atom stereocenters. The molecule has 0 spiro atoms. The van der Waals surface area contributed by atoms with E-state index in [9.17, 15) is 5.11 Å². The fourth-order valence-corrected chi connectivity index (χ4v) is 2.42. The standard InChI is InChI=1S/C11H15N5O3/c1-5-15-8-9(12)13-4-14-10(8)16(5)11-7(18)2-6(3-17)19-11/h4,6-7,11,17-18H,2-3H2,1H3,(H2,12,13,14)/t6-,7+,11+/m0/s1. The van der Waals surface area contributed by atoms with Crippen molar-refractivity contribution in [3.8, 4) is 0 Å². The summed E-state index contributed by atoms with van der Waals surface area (Å²) in [6.07, 6.45) is 0.0120. The lowest BCUT2D eigenvalue weighted by atomic mass is 10.2. The van der Waals surface area contributed by atoms with Gasteiger partial charge < -0.3 is 20.7 Å². The number of hydrogen-bond acceptors (Lipinski definition) is 7. The summed E-state index contributed by atoms with van der Waals surface area (Å²) >= 11 is 0. The molecule has 0 aromatic carbocycles. The van der Waals surface area contributed by atoms with Gasteiger partial charge in [0.1, 0.15) is 18.3 Å². The summed E-state index contributed by atoms with van der Waals surface area (Å²) in [5.74, 6) is 0.919. The van der Waals surface area contributed by atoms with E-state index in [2.05, 4.69) is 15.0 Å². The van der Waals surface area contributed by atoms with E-state index in [1.54, 1.807) is 11.5 Å². The van der Waals surface area contributed by atoms with E-state index >= 15 is 0 Å². The van der Waals surface area contributed by atoms with E-state index < -0.39 is 12.3 Å². The van der Waals surface area contributed by atoms with Crippen LogP contribution < -0.4 is 5.73 Å². The van der Waals surface area contributed by atoms with E-state index in [1.807, 2.05) is 0 Å². The molecule has 3 heterocycles. The smallest absolute Gasteiger partial charge is 0.167 e. The molecule has 1 saturated heterocycles. The Kier molecular flexibility index (Phi) is 2.85. The quantitative estimate of drug-likeness (QED) is 0.660. The molecule has 0 aliphatic carbocycles. The Morgan fingerprint density at radius 2 is 2.32 bits per heavy atom. The van der Waals surface area contributed by atoms with Crippen LogP contribution in [0.5, 0.6) is 0 Å². The van der Waals surface area contributed by atoms with Gasteiger partial charge in [0.15, 0.2) is 23.2 Å². The van der Waals surface area contributed by atoms with E-state index in [0.717, 1.165) is 0 Å². The van der Waals surface area contributed by atoms with Gasteiger partial charge in [-0.3, -0.25) is 4.57 Å². The maximum Gasteiger partial charge on any atom is 0.167 e. The number of aromatic nitrogens is 4. The lowest BCUT2D eigenvalue weighted by Crippen LogP contribution is -2.21. The predicted molar refractivity (Wildman–Crippen MR) is 66.1 cm³/mol. The number of anilines is 1. The molecule has 3 atom stereocenters. The van der Waals surface area contributed by atoms with Crippen LogP contribution >= 0.6 is 0 Å². The number of hydrogen-bond donors (Lipinski definition) is 3. The van der Waals surface area contributed by atoms with Crippen molar-refractivity contribution in [3.05, 3.63) is 12.2 Å². The summed E-state index contributed by atoms with van der Waals surface area (Å²) in [7, 11) is 0. The minimum atomic E-state index is -0.718. The molecule has 3 rings (SSSR count). The van der Waals surface area contributed by atoms with Gasteiger partial charge in [-0.25, -0.2) is 15.0 Å². The molecule has 1 fully saturated rings. The highest BCUT2D eigenvalue weighted by Gasteiger charge is 2.36. The van der Waals surface area contributed by atoms with Crippen LogP contribution in [0.3, 0.4) is 0 Å². The third kappa shape index (κ3) is 1.84. The molecule has 19 heavy (non-hydrogen) atoms. The van der Waals surface area contributed by atoms with E-state index in [0.29, 0.717) is 23.4 Å². The number of rotatable bonds is 2. The summed E-state index contributed by atoms with van der Waals surface area (Å²) < 4.78 is 7.31. The second-order valence-electron chi connectivity index (χ2n) is 4.59. The first-order valence-corrected chi connectivity index (χ1v) is 6.01. The van der Waals surface area contributed by atoms with Crippen LogP contribution in [0, 0.1) is 6.92 Å². The number of nitrogens with zero attached hydrogens (tertiary/aromatic N) is 4. The fourth-order valence-electron chi connectivity index (χ4n) is 2.42. The van der Waals surface area contributed by atoms with Gasteiger partial charge in [0.05, 0.1) is 12.7 Å². The zero-order chi connectivity index (χ0) is 13.6. The van der Waals surface area contributed by atoms with Gasteiger partial charge in [0.25, 0.3) is 0 Å². The molecular weight excluding hydrogens is 250 g/mol. The molecule has 4 N–H and O–H groups in total. The second-order valence-corrected chi connectivity index (χ2v) is 4.59. The van der Waals surface area contributed by atoms with Crippen LogP contribution in [-0.2, 0) is 4.74 Å². The highest BCUT2D eigenvalue weighted by Crippen LogP contribution is 2.32. The minimum absolute atomic E-state index is 0.129. The first kappa shape index (κ1) is 12.3. The van der Waals surface area contributed by atoms with Gasteiger partial charge in [-0.1, -0.05) is 0 Å². The molecule has 0 radical (unpaired) electrons. The normalized spacial score (nSPS) is 27.2. The summed E-state index contributed by atoms with van der Waals surface area (Å²) in [6, 6.07) is 0. The Hall–Kier alpha value is -1.77. The number of aliphatic hydroxyl groups excluding tert-OH is 2. The average molecular weight is 265 g/mol. The van der Waals surface area contributed by atoms with Gasteiger partial charge in [-0.2, -0.15) is 0 Å². The first-order chi connectivity index (χ1) is 9.11. The van der Waals surface area contributed by atoms with Crippen molar-refractivity contribution < 1.29 is 14.9 Å². The SMILES string of the molecule is Cc1nc2c(N)ncnc2n1[C@@H]1O[C@H](CO)C[C@H]1O. The molecular formula is C11H15N5O3. The van der Waals surface area contributed by atoms with Crippen LogP contribution in [0.2, 0.25) is 0 Å². The summed E-state index contributed by atoms with van der Waals surface area (Å²) in [6.45, 7) is 1.65. The Bertz CT molecular complexity index is 614. The lowest BCUT2D eigenvalue weighted by Gasteiger charge is -2.18. The number of ether oxygens (including phenoxy) is 1. The average Bonchev–Trinajstić information content (AvgIpc) is 2.90. The molecule has 1 aliphatic heterocycles. The number of nitrogens with two attached hydrogens (primary N) is 1. The number of imidazole rings is 1. The molecule has 2 aromatic heterocycles. The zero-order valence-electron chi connectivity index (χ0n) is 10.4. The van der Waals surface area contributed by atoms with E-state index in [-0.39, 0.29) is 18.5 Å². The molecule has 102 valence electrons. The topological polar surface area (TPSA) is 119 Å². The third-order valence-electron chi connectivity index (χ3n) is 3.31. The van der Waals surface area contributed by atoms with Crippen LogP contribution in [-0.4, -0.2) is 48.5 Å². The lowest BCUT2D eigenvalue weighted by molar-refractivity contribution is -0.0496. The molecule has 1 aliphatic rings. The van der Waals surface area contributed by atoms with Crippen molar-refractivity contribution in [3.63, 3.8) is 0 Å². The van der Waals surface area contributed by atoms with Crippen LogP contribution in [0.4, 0.5) is 5.82 Å². The van der Waals surface area contributed by atoms with Gasteiger partial charge in [-0.15, -0.1) is 0 Å². The van der Waals surface area contributed by atoms with Gasteiger partial charge in [-0.05, 0) is 6.92 Å². The second kappa shape index (κ2) is 4.41. The summed E-state index contributed by atoms with van der Waals surface area (Å²) in [5.41, 5.74) is 6.77. The molecule has 8 nitrogen and oxygen atoms in total. The Morgan fingerprint density at radius 3 is 3.00 bits per heavy atom. The summed E-state index contributed by atoms with van der Waals surface area (Å²) in [4.78, 5) is 12.3. The Morgan fingerprint density at radius 1 is 1.53 bits per heavy atom. The van der Waals surface area contributed by atoms with Crippen LogP contribution in [0.15, 0.2) is 6.33 Å². The molecule has 0 saturated carbocycles. The molecule has 8 heteroatoms. The first-order valence-electron chi connectivity index (χ1n) is 6.01. The van der Waals surface area contributed by atoms with Gasteiger partial charge >= 0.3 is 0 Å². The van der Waals surface area contributed by atoms with Crippen molar-refractivity contribution in [1.29, 1.82) is 0 Å². The molecule has 0 amide bonds. The van der Waals surface area contributed by atoms with Crippen LogP contribution in [0.1, 0.15) is 18.5 Å². The highest BCUT2D eigenvalue weighted by atomic mass is 16.5. The number of aliphatic hydroxyl groups is 2. The number of aryl methyl sites for hydroxylation is 1. The highest BCUT2D eigenvalue weighted by molar-refractivity contribution is 5.81. The van der Waals surface area contributed by atoms with E-state index in [1.165, 1.54) is 6.33 Å². The molecule has 0 bridgehead atoms. The van der Waals surface area contributed by atoms with Crippen molar-refractivity contribution in [2.75, 3.05) is 12.3 Å². The van der Waals surface area contributed by atoms with Crippen molar-refractivity contribution in [2.24, 2.45) is 0 Å². The van der Waals surface area contributed by atoms with Crippen molar-refractivity contribution in [1.82, 2.24) is 19.5 Å². The number of fused-ring (bicyclic) bond motifs is 1.